The Morgan fingerprint density at radius 1 is 0.973 bits per heavy atom. The molecule has 0 aliphatic rings. The molecule has 37 heavy (non-hydrogen) atoms. The molecule has 6 rings (SSSR count). The summed E-state index contributed by atoms with van der Waals surface area (Å²) in [5.74, 6) is 0.761. The van der Waals surface area contributed by atoms with E-state index >= 15 is 0 Å². The van der Waals surface area contributed by atoms with Crippen molar-refractivity contribution < 1.29 is 4.42 Å². The van der Waals surface area contributed by atoms with Crippen LogP contribution in [0.15, 0.2) is 99.2 Å². The number of aryl methyl sites for hydroxylation is 1. The minimum atomic E-state index is -0.270. The van der Waals surface area contributed by atoms with Gasteiger partial charge < -0.3 is 8.98 Å². The van der Waals surface area contributed by atoms with Gasteiger partial charge in [0.25, 0.3) is 5.56 Å². The molecule has 0 atom stereocenters. The second kappa shape index (κ2) is 9.22. The summed E-state index contributed by atoms with van der Waals surface area (Å²) in [4.78, 5) is 18.3. The van der Waals surface area contributed by atoms with Crippen LogP contribution in [0.1, 0.15) is 22.5 Å². The maximum absolute atomic E-state index is 13.6. The number of benzene rings is 3. The van der Waals surface area contributed by atoms with E-state index in [-0.39, 0.29) is 5.56 Å². The average Bonchev–Trinajstić information content (AvgIpc) is 3.44. The van der Waals surface area contributed by atoms with Crippen LogP contribution >= 0.6 is 11.6 Å². The Hall–Kier alpha value is -4.42. The normalized spacial score (nSPS) is 11.8. The third-order valence-corrected chi connectivity index (χ3v) is 6.80. The Kier molecular flexibility index (Phi) is 5.74. The van der Waals surface area contributed by atoms with Gasteiger partial charge >= 0.3 is 0 Å². The standard InChI is InChI=1S/C30H23ClN4O2/c1-19-14-23(20(2)34(19)18-21-8-4-3-5-9-21)17-32-35-29(33-26-11-7-6-10-25(26)30(35)36)28-16-22-15-24(31)12-13-27(22)37-28/h3-17H,18H2,1-2H3. The number of halogens is 1. The maximum Gasteiger partial charge on any atom is 0.282 e. The fraction of sp³-hybridized carbons (Fsp3) is 0.100. The molecular formula is C30H23ClN4O2. The minimum Gasteiger partial charge on any atom is -0.453 e. The van der Waals surface area contributed by atoms with Crippen molar-refractivity contribution in [2.45, 2.75) is 20.4 Å². The zero-order valence-electron chi connectivity index (χ0n) is 20.4. The molecule has 3 aromatic carbocycles. The molecule has 0 saturated heterocycles. The van der Waals surface area contributed by atoms with Gasteiger partial charge in [-0.3, -0.25) is 4.79 Å². The molecule has 0 spiro atoms. The second-order valence-corrected chi connectivity index (χ2v) is 9.44. The Morgan fingerprint density at radius 3 is 2.59 bits per heavy atom. The van der Waals surface area contributed by atoms with Crippen molar-refractivity contribution in [3.05, 3.63) is 123 Å². The van der Waals surface area contributed by atoms with Crippen molar-refractivity contribution in [3.8, 4) is 11.6 Å². The van der Waals surface area contributed by atoms with Crippen molar-refractivity contribution in [3.63, 3.8) is 0 Å². The van der Waals surface area contributed by atoms with Crippen LogP contribution in [-0.4, -0.2) is 20.4 Å². The SMILES string of the molecule is Cc1cc(C=Nn2c(-c3cc4cc(Cl)ccc4o3)nc3ccccc3c2=O)c(C)n1Cc1ccccc1. The van der Waals surface area contributed by atoms with Crippen molar-refractivity contribution >= 4 is 39.7 Å². The van der Waals surface area contributed by atoms with Crippen LogP contribution in [-0.2, 0) is 6.54 Å². The molecule has 6 nitrogen and oxygen atoms in total. The summed E-state index contributed by atoms with van der Waals surface area (Å²) in [6.07, 6.45) is 1.71. The molecule has 6 aromatic rings. The third kappa shape index (κ3) is 4.26. The molecule has 0 amide bonds. The smallest absolute Gasteiger partial charge is 0.282 e. The van der Waals surface area contributed by atoms with E-state index in [9.17, 15) is 4.79 Å². The van der Waals surface area contributed by atoms with Crippen molar-refractivity contribution in [2.75, 3.05) is 0 Å². The van der Waals surface area contributed by atoms with Crippen LogP contribution in [0.25, 0.3) is 33.5 Å². The highest BCUT2D eigenvalue weighted by molar-refractivity contribution is 6.31. The van der Waals surface area contributed by atoms with E-state index in [0.717, 1.165) is 28.9 Å². The van der Waals surface area contributed by atoms with Crippen LogP contribution in [0.2, 0.25) is 5.02 Å². The maximum atomic E-state index is 13.6. The summed E-state index contributed by atoms with van der Waals surface area (Å²) < 4.78 is 9.61. The zero-order chi connectivity index (χ0) is 25.5. The number of aromatic nitrogens is 3. The first-order valence-electron chi connectivity index (χ1n) is 11.9. The van der Waals surface area contributed by atoms with Gasteiger partial charge in [0.05, 0.1) is 17.1 Å². The van der Waals surface area contributed by atoms with Crippen LogP contribution in [0.5, 0.6) is 0 Å². The van der Waals surface area contributed by atoms with Gasteiger partial charge in [-0.1, -0.05) is 54.1 Å². The molecule has 0 aliphatic heterocycles. The van der Waals surface area contributed by atoms with E-state index in [0.29, 0.717) is 33.1 Å². The third-order valence-electron chi connectivity index (χ3n) is 6.56. The Bertz CT molecular complexity index is 1860. The summed E-state index contributed by atoms with van der Waals surface area (Å²) in [5, 5.41) is 6.54. The van der Waals surface area contributed by atoms with Gasteiger partial charge in [-0.15, -0.1) is 0 Å². The van der Waals surface area contributed by atoms with Gasteiger partial charge in [0.1, 0.15) is 5.58 Å². The van der Waals surface area contributed by atoms with Gasteiger partial charge in [-0.05, 0) is 61.9 Å². The largest absolute Gasteiger partial charge is 0.453 e. The summed E-state index contributed by atoms with van der Waals surface area (Å²) in [7, 11) is 0. The average molecular weight is 507 g/mol. The van der Waals surface area contributed by atoms with E-state index in [4.69, 9.17) is 21.0 Å². The molecule has 0 saturated carbocycles. The summed E-state index contributed by atoms with van der Waals surface area (Å²) in [6, 6.07) is 26.8. The Labute approximate surface area is 218 Å². The highest BCUT2D eigenvalue weighted by atomic mass is 35.5. The molecule has 0 radical (unpaired) electrons. The lowest BCUT2D eigenvalue weighted by molar-refractivity contribution is 0.616. The van der Waals surface area contributed by atoms with Gasteiger partial charge in [0, 0.05) is 33.9 Å². The molecule has 0 fully saturated rings. The van der Waals surface area contributed by atoms with Crippen LogP contribution < -0.4 is 5.56 Å². The number of rotatable bonds is 5. The topological polar surface area (TPSA) is 65.3 Å². The lowest BCUT2D eigenvalue weighted by atomic mass is 10.2. The lowest BCUT2D eigenvalue weighted by Gasteiger charge is -2.09. The summed E-state index contributed by atoms with van der Waals surface area (Å²) in [6.45, 7) is 4.89. The minimum absolute atomic E-state index is 0.270. The number of hydrogen-bond donors (Lipinski definition) is 0. The number of hydrogen-bond acceptors (Lipinski definition) is 4. The van der Waals surface area contributed by atoms with Crippen molar-refractivity contribution in [1.82, 2.24) is 14.2 Å². The molecule has 182 valence electrons. The quantitative estimate of drug-likeness (QED) is 0.241. The fourth-order valence-electron chi connectivity index (χ4n) is 4.60. The Morgan fingerprint density at radius 2 is 1.76 bits per heavy atom. The van der Waals surface area contributed by atoms with E-state index in [1.54, 1.807) is 24.4 Å². The molecule has 0 N–H and O–H groups in total. The lowest BCUT2D eigenvalue weighted by Crippen LogP contribution is -2.20. The first-order valence-corrected chi connectivity index (χ1v) is 12.3. The van der Waals surface area contributed by atoms with E-state index in [1.165, 1.54) is 10.2 Å². The first-order chi connectivity index (χ1) is 18.0. The summed E-state index contributed by atoms with van der Waals surface area (Å²) in [5.41, 5.74) is 5.28. The van der Waals surface area contributed by atoms with Gasteiger partial charge in [-0.25, -0.2) is 4.98 Å². The molecule has 3 aromatic heterocycles. The highest BCUT2D eigenvalue weighted by Crippen LogP contribution is 2.29. The molecule has 7 heteroatoms. The van der Waals surface area contributed by atoms with E-state index < -0.39 is 0 Å². The zero-order valence-corrected chi connectivity index (χ0v) is 21.1. The Balaban J connectivity index is 1.47. The van der Waals surface area contributed by atoms with Crippen LogP contribution in [0.4, 0.5) is 0 Å². The predicted molar refractivity (Wildman–Crippen MR) is 149 cm³/mol. The van der Waals surface area contributed by atoms with Crippen molar-refractivity contribution in [1.29, 1.82) is 0 Å². The molecule has 0 unspecified atom stereocenters. The molecular weight excluding hydrogens is 484 g/mol. The molecule has 3 heterocycles. The second-order valence-electron chi connectivity index (χ2n) is 9.01. The van der Waals surface area contributed by atoms with Gasteiger partial charge in [0.15, 0.2) is 5.76 Å². The number of fused-ring (bicyclic) bond motifs is 2. The van der Waals surface area contributed by atoms with Gasteiger partial charge in [0.2, 0.25) is 5.82 Å². The highest BCUT2D eigenvalue weighted by Gasteiger charge is 2.17. The van der Waals surface area contributed by atoms with Gasteiger partial charge in [-0.2, -0.15) is 9.78 Å². The van der Waals surface area contributed by atoms with E-state index in [2.05, 4.69) is 41.7 Å². The predicted octanol–water partition coefficient (Wildman–Crippen LogP) is 6.81. The first kappa shape index (κ1) is 23.0. The number of para-hydroxylation sites is 1. The number of nitrogens with zero attached hydrogens (tertiary/aromatic N) is 4. The van der Waals surface area contributed by atoms with E-state index in [1.807, 2.05) is 48.5 Å². The van der Waals surface area contributed by atoms with Crippen LogP contribution in [0.3, 0.4) is 0 Å². The van der Waals surface area contributed by atoms with Crippen LogP contribution in [0, 0.1) is 13.8 Å². The summed E-state index contributed by atoms with van der Waals surface area (Å²) >= 11 is 6.17. The molecule has 0 aliphatic carbocycles. The fourth-order valence-corrected chi connectivity index (χ4v) is 4.78. The molecule has 0 bridgehead atoms. The number of furan rings is 1. The van der Waals surface area contributed by atoms with Crippen molar-refractivity contribution in [2.24, 2.45) is 5.10 Å². The monoisotopic (exact) mass is 506 g/mol.